The lowest BCUT2D eigenvalue weighted by molar-refractivity contribution is 0.0690. The van der Waals surface area contributed by atoms with Gasteiger partial charge in [0.1, 0.15) is 17.8 Å². The summed E-state index contributed by atoms with van der Waals surface area (Å²) in [7, 11) is 0. The van der Waals surface area contributed by atoms with Gasteiger partial charge in [0.25, 0.3) is 6.01 Å². The van der Waals surface area contributed by atoms with Crippen LogP contribution in [0.1, 0.15) is 10.5 Å². The highest BCUT2D eigenvalue weighted by atomic mass is 16.5. The van der Waals surface area contributed by atoms with Crippen molar-refractivity contribution in [2.75, 3.05) is 5.32 Å². The molecule has 2 N–H and O–H groups in total. The smallest absolute Gasteiger partial charge is 0.357 e. The monoisotopic (exact) mass is 296 g/mol. The van der Waals surface area contributed by atoms with Crippen molar-refractivity contribution in [2.45, 2.75) is 0 Å². The zero-order chi connectivity index (χ0) is 15.4. The zero-order valence-corrected chi connectivity index (χ0v) is 11.4. The molecule has 0 amide bonds. The second-order valence-corrected chi connectivity index (χ2v) is 4.41. The Morgan fingerprint density at radius 1 is 1.05 bits per heavy atom. The summed E-state index contributed by atoms with van der Waals surface area (Å²) in [5.41, 5.74) is 0.561. The third-order valence-electron chi connectivity index (χ3n) is 2.81. The molecule has 0 aliphatic heterocycles. The number of nitrogens with zero attached hydrogens (tertiary/aromatic N) is 1. The van der Waals surface area contributed by atoms with Gasteiger partial charge in [0.05, 0.1) is 0 Å². The minimum atomic E-state index is -1.14. The fraction of sp³-hybridized carbons (Fsp3) is 0. The van der Waals surface area contributed by atoms with E-state index in [0.29, 0.717) is 11.4 Å². The molecule has 0 bridgehead atoms. The standard InChI is InChI=1S/C16H12N2O4/c19-15(20)14-10-21-16(18-14)17-11-6-8-13(9-7-11)22-12-4-2-1-3-5-12/h1-10H,(H,17,18)(H,19,20). The van der Waals surface area contributed by atoms with E-state index in [4.69, 9.17) is 14.3 Å². The van der Waals surface area contributed by atoms with E-state index < -0.39 is 5.97 Å². The Labute approximate surface area is 126 Å². The Kier molecular flexibility index (Phi) is 3.74. The molecule has 2 aromatic carbocycles. The van der Waals surface area contributed by atoms with Gasteiger partial charge in [-0.2, -0.15) is 4.98 Å². The number of oxazole rings is 1. The van der Waals surface area contributed by atoms with E-state index in [1.807, 2.05) is 30.3 Å². The molecule has 0 aliphatic rings. The van der Waals surface area contributed by atoms with Crippen LogP contribution in [0.15, 0.2) is 65.3 Å². The summed E-state index contributed by atoms with van der Waals surface area (Å²) in [5.74, 6) is 0.306. The second-order valence-electron chi connectivity index (χ2n) is 4.41. The summed E-state index contributed by atoms with van der Waals surface area (Å²) in [5, 5.41) is 11.6. The molecule has 0 unspecified atom stereocenters. The van der Waals surface area contributed by atoms with Gasteiger partial charge >= 0.3 is 5.97 Å². The first-order chi connectivity index (χ1) is 10.7. The summed E-state index contributed by atoms with van der Waals surface area (Å²) in [6.45, 7) is 0. The lowest BCUT2D eigenvalue weighted by Crippen LogP contribution is -1.97. The fourth-order valence-electron chi connectivity index (χ4n) is 1.78. The SMILES string of the molecule is O=C(O)c1coc(Nc2ccc(Oc3ccccc3)cc2)n1. The van der Waals surface area contributed by atoms with E-state index in [-0.39, 0.29) is 11.7 Å². The Morgan fingerprint density at radius 3 is 2.36 bits per heavy atom. The van der Waals surface area contributed by atoms with E-state index in [0.717, 1.165) is 12.0 Å². The molecule has 6 heteroatoms. The highest BCUT2D eigenvalue weighted by molar-refractivity contribution is 5.85. The molecule has 1 aromatic heterocycles. The number of hydrogen-bond acceptors (Lipinski definition) is 5. The van der Waals surface area contributed by atoms with Gasteiger partial charge in [0, 0.05) is 5.69 Å². The van der Waals surface area contributed by atoms with Gasteiger partial charge in [0.15, 0.2) is 5.69 Å². The van der Waals surface area contributed by atoms with Gasteiger partial charge in [-0.3, -0.25) is 0 Å². The minimum absolute atomic E-state index is 0.120. The molecular weight excluding hydrogens is 284 g/mol. The van der Waals surface area contributed by atoms with Crippen molar-refractivity contribution in [1.82, 2.24) is 4.98 Å². The van der Waals surface area contributed by atoms with Crippen LogP contribution in [0.4, 0.5) is 11.7 Å². The Hall–Kier alpha value is -3.28. The van der Waals surface area contributed by atoms with Crippen LogP contribution < -0.4 is 10.1 Å². The number of aromatic nitrogens is 1. The second kappa shape index (κ2) is 6.01. The number of aromatic carboxylic acids is 1. The Balaban J connectivity index is 1.67. The van der Waals surface area contributed by atoms with Gasteiger partial charge in [0.2, 0.25) is 0 Å². The first-order valence-electron chi connectivity index (χ1n) is 6.49. The van der Waals surface area contributed by atoms with Gasteiger partial charge in [-0.25, -0.2) is 4.79 Å². The molecule has 0 aliphatic carbocycles. The van der Waals surface area contributed by atoms with Crippen molar-refractivity contribution in [3.8, 4) is 11.5 Å². The van der Waals surface area contributed by atoms with Crippen molar-refractivity contribution >= 4 is 17.7 Å². The molecule has 22 heavy (non-hydrogen) atoms. The van der Waals surface area contributed by atoms with Gasteiger partial charge in [-0.15, -0.1) is 0 Å². The molecule has 0 radical (unpaired) electrons. The van der Waals surface area contributed by atoms with E-state index in [1.165, 1.54) is 0 Å². The largest absolute Gasteiger partial charge is 0.476 e. The average molecular weight is 296 g/mol. The van der Waals surface area contributed by atoms with E-state index >= 15 is 0 Å². The lowest BCUT2D eigenvalue weighted by atomic mass is 10.3. The molecule has 0 saturated carbocycles. The Morgan fingerprint density at radius 2 is 1.73 bits per heavy atom. The molecule has 110 valence electrons. The number of carbonyl (C=O) groups is 1. The molecular formula is C16H12N2O4. The molecule has 0 atom stereocenters. The van der Waals surface area contributed by atoms with Gasteiger partial charge in [-0.05, 0) is 36.4 Å². The summed E-state index contributed by atoms with van der Waals surface area (Å²) in [6.07, 6.45) is 1.08. The van der Waals surface area contributed by atoms with Crippen LogP contribution in [-0.4, -0.2) is 16.1 Å². The number of ether oxygens (including phenoxy) is 1. The molecule has 0 spiro atoms. The molecule has 1 heterocycles. The first kappa shape index (κ1) is 13.7. The van der Waals surface area contributed by atoms with E-state index in [9.17, 15) is 4.79 Å². The fourth-order valence-corrected chi connectivity index (χ4v) is 1.78. The maximum absolute atomic E-state index is 10.7. The maximum Gasteiger partial charge on any atom is 0.357 e. The minimum Gasteiger partial charge on any atom is -0.476 e. The average Bonchev–Trinajstić information content (AvgIpc) is 2.99. The number of carboxylic acid groups (broad SMARTS) is 1. The van der Waals surface area contributed by atoms with Gasteiger partial charge in [-0.1, -0.05) is 18.2 Å². The van der Waals surface area contributed by atoms with Crippen molar-refractivity contribution in [1.29, 1.82) is 0 Å². The topological polar surface area (TPSA) is 84.6 Å². The highest BCUT2D eigenvalue weighted by Crippen LogP contribution is 2.24. The van der Waals surface area contributed by atoms with Gasteiger partial charge < -0.3 is 19.6 Å². The van der Waals surface area contributed by atoms with Crippen LogP contribution in [0.3, 0.4) is 0 Å². The third kappa shape index (κ3) is 3.24. The number of hydrogen-bond donors (Lipinski definition) is 2. The van der Waals surface area contributed by atoms with E-state index in [2.05, 4.69) is 10.3 Å². The molecule has 6 nitrogen and oxygen atoms in total. The predicted molar refractivity (Wildman–Crippen MR) is 79.7 cm³/mol. The lowest BCUT2D eigenvalue weighted by Gasteiger charge is -2.06. The molecule has 0 fully saturated rings. The van der Waals surface area contributed by atoms with Crippen molar-refractivity contribution in [3.63, 3.8) is 0 Å². The van der Waals surface area contributed by atoms with Crippen molar-refractivity contribution < 1.29 is 19.1 Å². The van der Waals surface area contributed by atoms with Crippen LogP contribution in [0.5, 0.6) is 11.5 Å². The zero-order valence-electron chi connectivity index (χ0n) is 11.4. The quantitative estimate of drug-likeness (QED) is 0.742. The van der Waals surface area contributed by atoms with E-state index in [1.54, 1.807) is 24.3 Å². The highest BCUT2D eigenvalue weighted by Gasteiger charge is 2.10. The van der Waals surface area contributed by atoms with Crippen LogP contribution in [0, 0.1) is 0 Å². The Bertz CT molecular complexity index is 766. The summed E-state index contributed by atoms with van der Waals surface area (Å²) in [4.78, 5) is 14.5. The normalized spacial score (nSPS) is 10.2. The maximum atomic E-state index is 10.7. The number of carboxylic acids is 1. The first-order valence-corrected chi connectivity index (χ1v) is 6.49. The predicted octanol–water partition coefficient (Wildman–Crippen LogP) is 3.91. The molecule has 0 saturated heterocycles. The van der Waals surface area contributed by atoms with Crippen LogP contribution in [0.25, 0.3) is 0 Å². The number of rotatable bonds is 5. The number of nitrogens with one attached hydrogen (secondary N) is 1. The van der Waals surface area contributed by atoms with Crippen LogP contribution >= 0.6 is 0 Å². The van der Waals surface area contributed by atoms with Crippen molar-refractivity contribution in [2.24, 2.45) is 0 Å². The number of para-hydroxylation sites is 1. The summed E-state index contributed by atoms with van der Waals surface area (Å²) < 4.78 is 10.7. The number of benzene rings is 2. The summed E-state index contributed by atoms with van der Waals surface area (Å²) >= 11 is 0. The molecule has 3 rings (SSSR count). The number of anilines is 2. The summed E-state index contributed by atoms with van der Waals surface area (Å²) in [6, 6.07) is 16.7. The van der Waals surface area contributed by atoms with Crippen molar-refractivity contribution in [3.05, 3.63) is 66.6 Å². The third-order valence-corrected chi connectivity index (χ3v) is 2.81. The van der Waals surface area contributed by atoms with Crippen LogP contribution in [-0.2, 0) is 0 Å². The molecule has 3 aromatic rings. The van der Waals surface area contributed by atoms with Crippen LogP contribution in [0.2, 0.25) is 0 Å².